The predicted octanol–water partition coefficient (Wildman–Crippen LogP) is 4.79. The molecule has 4 rings (SSSR count). The summed E-state index contributed by atoms with van der Waals surface area (Å²) >= 11 is 6.16. The number of amides is 1. The molecule has 8 heteroatoms. The van der Waals surface area contributed by atoms with E-state index >= 15 is 0 Å². The predicted molar refractivity (Wildman–Crippen MR) is 110 cm³/mol. The second kappa shape index (κ2) is 8.05. The van der Waals surface area contributed by atoms with Crippen molar-refractivity contribution in [3.63, 3.8) is 0 Å². The van der Waals surface area contributed by atoms with Gasteiger partial charge in [0.15, 0.2) is 11.5 Å². The Morgan fingerprint density at radius 3 is 2.79 bits per heavy atom. The Labute approximate surface area is 172 Å². The summed E-state index contributed by atoms with van der Waals surface area (Å²) in [6.07, 6.45) is 0.562. The second-order valence-corrected chi connectivity index (χ2v) is 7.05. The number of hydrogen-bond donors (Lipinski definition) is 2. The number of nitrogens with zero attached hydrogens (tertiary/aromatic N) is 1. The normalized spacial score (nSPS) is 12.1. The van der Waals surface area contributed by atoms with E-state index in [9.17, 15) is 4.79 Å². The first-order valence-corrected chi connectivity index (χ1v) is 9.61. The maximum atomic E-state index is 12.9. The molecule has 1 aliphatic rings. The number of anilines is 2. The van der Waals surface area contributed by atoms with Gasteiger partial charge in [0.2, 0.25) is 12.7 Å². The lowest BCUT2D eigenvalue weighted by atomic mass is 10.1. The standard InChI is InChI=1S/C21H20ClN3O4/c1-3-16-19(20(26)24-14-6-4-12(2)15(22)9-14)21(29-25-16)23-10-13-5-7-17-18(8-13)28-11-27-17/h4-9,23H,3,10-11H2,1-2H3,(H,24,26). The minimum Gasteiger partial charge on any atom is -0.454 e. The van der Waals surface area contributed by atoms with E-state index in [1.807, 2.05) is 38.1 Å². The molecule has 0 unspecified atom stereocenters. The third kappa shape index (κ3) is 4.00. The first-order chi connectivity index (χ1) is 14.0. The SMILES string of the molecule is CCc1noc(NCc2ccc3c(c2)OCO3)c1C(=O)Nc1ccc(C)c(Cl)c1. The van der Waals surface area contributed by atoms with E-state index in [1.165, 1.54) is 0 Å². The number of carbonyl (C=O) groups is 1. The van der Waals surface area contributed by atoms with E-state index < -0.39 is 0 Å². The van der Waals surface area contributed by atoms with Crippen molar-refractivity contribution in [1.29, 1.82) is 0 Å². The fourth-order valence-electron chi connectivity index (χ4n) is 3.02. The van der Waals surface area contributed by atoms with Gasteiger partial charge in [-0.05, 0) is 48.7 Å². The summed E-state index contributed by atoms with van der Waals surface area (Å²) in [5.41, 5.74) is 3.46. The molecular weight excluding hydrogens is 394 g/mol. The minimum atomic E-state index is -0.309. The van der Waals surface area contributed by atoms with Crippen molar-refractivity contribution in [1.82, 2.24) is 5.16 Å². The quantitative estimate of drug-likeness (QED) is 0.604. The summed E-state index contributed by atoms with van der Waals surface area (Å²) < 4.78 is 16.1. The molecule has 0 atom stereocenters. The zero-order valence-corrected chi connectivity index (χ0v) is 16.8. The average molecular weight is 414 g/mol. The van der Waals surface area contributed by atoms with E-state index in [0.29, 0.717) is 46.6 Å². The monoisotopic (exact) mass is 413 g/mol. The number of carbonyl (C=O) groups excluding carboxylic acids is 1. The summed E-state index contributed by atoms with van der Waals surface area (Å²) in [7, 11) is 0. The van der Waals surface area contributed by atoms with Crippen LogP contribution in [0.1, 0.15) is 34.1 Å². The van der Waals surface area contributed by atoms with Crippen LogP contribution in [0.15, 0.2) is 40.9 Å². The van der Waals surface area contributed by atoms with E-state index in [0.717, 1.165) is 16.9 Å². The Hall–Kier alpha value is -3.19. The largest absolute Gasteiger partial charge is 0.454 e. The molecule has 2 aromatic carbocycles. The number of hydrogen-bond acceptors (Lipinski definition) is 6. The van der Waals surface area contributed by atoms with Crippen LogP contribution in [0.25, 0.3) is 0 Å². The van der Waals surface area contributed by atoms with E-state index in [4.69, 9.17) is 25.6 Å². The van der Waals surface area contributed by atoms with Crippen LogP contribution in [0.3, 0.4) is 0 Å². The van der Waals surface area contributed by atoms with Gasteiger partial charge in [-0.15, -0.1) is 0 Å². The van der Waals surface area contributed by atoms with Gasteiger partial charge >= 0.3 is 0 Å². The third-order valence-corrected chi connectivity index (χ3v) is 5.05. The van der Waals surface area contributed by atoms with Crippen molar-refractivity contribution in [2.75, 3.05) is 17.4 Å². The van der Waals surface area contributed by atoms with E-state index in [1.54, 1.807) is 12.1 Å². The number of halogens is 1. The lowest BCUT2D eigenvalue weighted by Gasteiger charge is -2.09. The van der Waals surface area contributed by atoms with Gasteiger partial charge in [0.25, 0.3) is 5.91 Å². The van der Waals surface area contributed by atoms with Crippen molar-refractivity contribution in [3.8, 4) is 11.5 Å². The zero-order valence-electron chi connectivity index (χ0n) is 16.0. The molecule has 29 heavy (non-hydrogen) atoms. The summed E-state index contributed by atoms with van der Waals surface area (Å²) in [4.78, 5) is 12.9. The molecule has 0 bridgehead atoms. The minimum absolute atomic E-state index is 0.224. The zero-order chi connectivity index (χ0) is 20.4. The molecule has 0 aliphatic carbocycles. The molecule has 0 radical (unpaired) electrons. The van der Waals surface area contributed by atoms with E-state index in [2.05, 4.69) is 15.8 Å². The Kier molecular flexibility index (Phi) is 5.31. The van der Waals surface area contributed by atoms with Crippen molar-refractivity contribution in [2.24, 2.45) is 0 Å². The van der Waals surface area contributed by atoms with Crippen molar-refractivity contribution in [3.05, 3.63) is 63.8 Å². The van der Waals surface area contributed by atoms with Gasteiger partial charge in [-0.25, -0.2) is 0 Å². The molecule has 0 fully saturated rings. The number of ether oxygens (including phenoxy) is 2. The van der Waals surface area contributed by atoms with Crippen molar-refractivity contribution >= 4 is 29.1 Å². The highest BCUT2D eigenvalue weighted by atomic mass is 35.5. The molecule has 0 saturated carbocycles. The molecule has 1 aliphatic heterocycles. The number of fused-ring (bicyclic) bond motifs is 1. The highest BCUT2D eigenvalue weighted by molar-refractivity contribution is 6.31. The first kappa shape index (κ1) is 19.1. The van der Waals surface area contributed by atoms with Gasteiger partial charge in [-0.2, -0.15) is 0 Å². The highest BCUT2D eigenvalue weighted by Crippen LogP contribution is 2.33. The van der Waals surface area contributed by atoms with Gasteiger partial charge in [-0.1, -0.05) is 35.8 Å². The number of benzene rings is 2. The maximum Gasteiger partial charge on any atom is 0.263 e. The number of aryl methyl sites for hydroxylation is 2. The lowest BCUT2D eigenvalue weighted by molar-refractivity contribution is 0.102. The van der Waals surface area contributed by atoms with Crippen LogP contribution in [0, 0.1) is 6.92 Å². The Balaban J connectivity index is 1.52. The van der Waals surface area contributed by atoms with Crippen LogP contribution in [0.4, 0.5) is 11.6 Å². The summed E-state index contributed by atoms with van der Waals surface area (Å²) in [5.74, 6) is 1.43. The van der Waals surface area contributed by atoms with Crippen LogP contribution < -0.4 is 20.1 Å². The molecule has 0 saturated heterocycles. The lowest BCUT2D eigenvalue weighted by Crippen LogP contribution is -2.15. The van der Waals surface area contributed by atoms with Crippen LogP contribution >= 0.6 is 11.6 Å². The smallest absolute Gasteiger partial charge is 0.263 e. The molecule has 150 valence electrons. The second-order valence-electron chi connectivity index (χ2n) is 6.65. The van der Waals surface area contributed by atoms with Gasteiger partial charge in [0, 0.05) is 17.3 Å². The van der Waals surface area contributed by atoms with Crippen molar-refractivity contribution in [2.45, 2.75) is 26.8 Å². The fraction of sp³-hybridized carbons (Fsp3) is 0.238. The summed E-state index contributed by atoms with van der Waals surface area (Å²) in [6, 6.07) is 11.0. The van der Waals surface area contributed by atoms with Gasteiger partial charge in [0.1, 0.15) is 5.56 Å². The molecule has 2 N–H and O–H groups in total. The number of rotatable bonds is 6. The van der Waals surface area contributed by atoms with Crippen LogP contribution in [0.2, 0.25) is 5.02 Å². The molecule has 0 spiro atoms. The topological polar surface area (TPSA) is 85.6 Å². The van der Waals surface area contributed by atoms with E-state index in [-0.39, 0.29) is 12.7 Å². The van der Waals surface area contributed by atoms with Crippen molar-refractivity contribution < 1.29 is 18.8 Å². The molecule has 2 heterocycles. The first-order valence-electron chi connectivity index (χ1n) is 9.23. The summed E-state index contributed by atoms with van der Waals surface area (Å²) in [5, 5.41) is 10.6. The van der Waals surface area contributed by atoms with Gasteiger partial charge < -0.3 is 24.6 Å². The molecule has 7 nitrogen and oxygen atoms in total. The summed E-state index contributed by atoms with van der Waals surface area (Å²) in [6.45, 7) is 4.48. The molecule has 1 amide bonds. The van der Waals surface area contributed by atoms with Crippen LogP contribution in [0.5, 0.6) is 11.5 Å². The van der Waals surface area contributed by atoms with Crippen LogP contribution in [-0.2, 0) is 13.0 Å². The Bertz CT molecular complexity index is 1060. The number of aromatic nitrogens is 1. The van der Waals surface area contributed by atoms with Gasteiger partial charge in [0.05, 0.1) is 5.69 Å². The molecular formula is C21H20ClN3O4. The Morgan fingerprint density at radius 1 is 1.17 bits per heavy atom. The molecule has 3 aromatic rings. The highest BCUT2D eigenvalue weighted by Gasteiger charge is 2.22. The van der Waals surface area contributed by atoms with Crippen LogP contribution in [-0.4, -0.2) is 17.9 Å². The maximum absolute atomic E-state index is 12.9. The Morgan fingerprint density at radius 2 is 2.00 bits per heavy atom. The fourth-order valence-corrected chi connectivity index (χ4v) is 3.20. The third-order valence-electron chi connectivity index (χ3n) is 4.64. The van der Waals surface area contributed by atoms with Gasteiger partial charge in [-0.3, -0.25) is 4.79 Å². The number of nitrogens with one attached hydrogen (secondary N) is 2. The molecule has 1 aromatic heterocycles. The average Bonchev–Trinajstić information content (AvgIpc) is 3.35.